The fourth-order valence-electron chi connectivity index (χ4n) is 0. The van der Waals surface area contributed by atoms with E-state index in [0.29, 0.717) is 0 Å². The van der Waals surface area contributed by atoms with Crippen molar-refractivity contribution in [1.82, 2.24) is 0 Å². The van der Waals surface area contributed by atoms with Gasteiger partial charge < -0.3 is 29.7 Å². The zero-order valence-corrected chi connectivity index (χ0v) is 11.7. The average Bonchev–Trinajstić information content (AvgIpc) is 2.18. The van der Waals surface area contributed by atoms with Gasteiger partial charge in [-0.3, -0.25) is 0 Å². The van der Waals surface area contributed by atoms with Crippen molar-refractivity contribution in [1.29, 1.82) is 0 Å². The van der Waals surface area contributed by atoms with Crippen LogP contribution < -0.4 is 15.3 Å². The summed E-state index contributed by atoms with van der Waals surface area (Å²) in [7, 11) is 0. The zero-order valence-electron chi connectivity index (χ0n) is 9.28. The molecule has 0 aliphatic heterocycles. The van der Waals surface area contributed by atoms with Crippen molar-refractivity contribution in [3.63, 3.8) is 0 Å². The first-order chi connectivity index (χ1) is 7.93. The molecule has 0 bridgehead atoms. The summed E-state index contributed by atoms with van der Waals surface area (Å²) in [4.78, 5) is 27.3. The molecule has 0 saturated heterocycles. The summed E-state index contributed by atoms with van der Waals surface area (Å²) in [5.41, 5.74) is 0. The van der Waals surface area contributed by atoms with E-state index in [1.165, 1.54) is 0 Å². The summed E-state index contributed by atoms with van der Waals surface area (Å²) < 4.78 is 32.9. The minimum Gasteiger partial charge on any atom is -0.542 e. The van der Waals surface area contributed by atoms with Crippen LogP contribution in [0.3, 0.4) is 0 Å². The Bertz CT molecular complexity index is 287. The van der Waals surface area contributed by atoms with E-state index in [0.717, 1.165) is 0 Å². The van der Waals surface area contributed by atoms with Crippen LogP contribution in [-0.2, 0) is 14.4 Å². The maximum absolute atomic E-state index is 11.0. The van der Waals surface area contributed by atoms with Gasteiger partial charge in [0, 0.05) is 0 Å². The first-order valence-electron chi connectivity index (χ1n) is 3.60. The van der Waals surface area contributed by atoms with Crippen molar-refractivity contribution in [3.05, 3.63) is 37.2 Å². The molecule has 0 fully saturated rings. The number of carboxylic acids is 3. The van der Waals surface area contributed by atoms with Gasteiger partial charge in [-0.2, -0.15) is 0 Å². The molecule has 0 unspecified atom stereocenters. The van der Waals surface area contributed by atoms with Crippen molar-refractivity contribution in [2.24, 2.45) is 0 Å². The third-order valence-electron chi connectivity index (χ3n) is 0.664. The molecule has 0 amide bonds. The first kappa shape index (κ1) is 25.8. The van der Waals surface area contributed by atoms with Gasteiger partial charge in [0.15, 0.2) is 0 Å². The van der Waals surface area contributed by atoms with E-state index in [1.807, 2.05) is 0 Å². The molecule has 0 aliphatic rings. The van der Waals surface area contributed by atoms with Crippen LogP contribution in [-0.4, -0.2) is 37.7 Å². The SMILES string of the molecule is C=C(F)C(=O)[O-].C=C(F)C(=O)[O-].C=C(F)C(=O)[O-].[Ga+3]. The van der Waals surface area contributed by atoms with Gasteiger partial charge in [0.1, 0.15) is 17.5 Å². The number of carboxylic acid groups (broad SMARTS) is 3. The van der Waals surface area contributed by atoms with Crippen LogP contribution in [0.2, 0.25) is 0 Å². The monoisotopic (exact) mass is 336 g/mol. The Kier molecular flexibility index (Phi) is 19.2. The molecule has 0 atom stereocenters. The van der Waals surface area contributed by atoms with Crippen LogP contribution in [0.25, 0.3) is 0 Å². The quantitative estimate of drug-likeness (QED) is 0.408. The predicted molar refractivity (Wildman–Crippen MR) is 51.5 cm³/mol. The van der Waals surface area contributed by atoms with Gasteiger partial charge in [-0.15, -0.1) is 0 Å². The van der Waals surface area contributed by atoms with Gasteiger partial charge in [-0.25, -0.2) is 13.2 Å². The number of carbonyl (C=O) groups is 3. The van der Waals surface area contributed by atoms with E-state index < -0.39 is 35.4 Å². The van der Waals surface area contributed by atoms with Gasteiger partial charge in [0.2, 0.25) is 0 Å². The molecule has 0 radical (unpaired) electrons. The van der Waals surface area contributed by atoms with Gasteiger partial charge >= 0.3 is 19.8 Å². The molecule has 0 saturated carbocycles. The van der Waals surface area contributed by atoms with E-state index in [1.54, 1.807) is 0 Å². The molecule has 0 aromatic heterocycles. The summed E-state index contributed by atoms with van der Waals surface area (Å²) in [6.07, 6.45) is 0. The third-order valence-corrected chi connectivity index (χ3v) is 0.664. The topological polar surface area (TPSA) is 120 Å². The largest absolute Gasteiger partial charge is 3.00 e. The average molecular weight is 337 g/mol. The van der Waals surface area contributed by atoms with Crippen LogP contribution in [0.4, 0.5) is 13.2 Å². The molecule has 0 aliphatic carbocycles. The zero-order chi connectivity index (χ0) is 15.5. The van der Waals surface area contributed by atoms with E-state index in [9.17, 15) is 13.2 Å². The molecule has 0 spiro atoms. The maximum Gasteiger partial charge on any atom is 3.00 e. The third kappa shape index (κ3) is 31.4. The predicted octanol–water partition coefficient (Wildman–Crippen LogP) is -2.72. The Labute approximate surface area is 118 Å². The number of hydrogen-bond donors (Lipinski definition) is 0. The maximum atomic E-state index is 11.0. The normalized spacial score (nSPS) is 7.11. The number of carbonyl (C=O) groups excluding carboxylic acids is 3. The van der Waals surface area contributed by atoms with Crippen molar-refractivity contribution < 1.29 is 42.9 Å². The Hall–Kier alpha value is -1.94. The number of rotatable bonds is 3. The van der Waals surface area contributed by atoms with Crippen molar-refractivity contribution >= 4 is 37.7 Å². The Balaban J connectivity index is -0.0000000865. The molecule has 10 heteroatoms. The Morgan fingerprint density at radius 1 is 0.632 bits per heavy atom. The first-order valence-corrected chi connectivity index (χ1v) is 3.60. The van der Waals surface area contributed by atoms with Crippen molar-refractivity contribution in [2.75, 3.05) is 0 Å². The van der Waals surface area contributed by atoms with Crippen LogP contribution in [0.15, 0.2) is 37.2 Å². The van der Waals surface area contributed by atoms with Gasteiger partial charge in [0.05, 0.1) is 17.9 Å². The van der Waals surface area contributed by atoms with Crippen LogP contribution in [0.5, 0.6) is 0 Å². The summed E-state index contributed by atoms with van der Waals surface area (Å²) >= 11 is 0. The van der Waals surface area contributed by atoms with Crippen LogP contribution in [0, 0.1) is 0 Å². The Morgan fingerprint density at radius 2 is 0.684 bits per heavy atom. The van der Waals surface area contributed by atoms with Crippen LogP contribution >= 0.6 is 0 Å². The number of hydrogen-bond acceptors (Lipinski definition) is 6. The summed E-state index contributed by atoms with van der Waals surface area (Å²) in [6.45, 7) is 7.28. The standard InChI is InChI=1S/3C3H3FO2.Ga/c3*1-2(4)3(5)6;/h3*1H2,(H,5,6);/q;;;+3/p-3. The second-order valence-corrected chi connectivity index (χ2v) is 2.08. The van der Waals surface area contributed by atoms with E-state index in [2.05, 4.69) is 19.7 Å². The molecule has 0 aromatic rings. The molecular formula is C9H6F3GaO6. The van der Waals surface area contributed by atoms with Gasteiger partial charge in [-0.05, 0) is 0 Å². The van der Waals surface area contributed by atoms with Gasteiger partial charge in [-0.1, -0.05) is 19.7 Å². The smallest absolute Gasteiger partial charge is 0.542 e. The summed E-state index contributed by atoms with van der Waals surface area (Å²) in [6, 6.07) is 0. The van der Waals surface area contributed by atoms with E-state index >= 15 is 0 Å². The second-order valence-electron chi connectivity index (χ2n) is 2.08. The van der Waals surface area contributed by atoms with Crippen LogP contribution in [0.1, 0.15) is 0 Å². The van der Waals surface area contributed by atoms with Crippen molar-refractivity contribution in [3.8, 4) is 0 Å². The molecule has 102 valence electrons. The second kappa shape index (κ2) is 14.1. The fourth-order valence-corrected chi connectivity index (χ4v) is 0. The summed E-state index contributed by atoms with van der Waals surface area (Å²) in [5, 5.41) is 27.3. The Morgan fingerprint density at radius 3 is 0.684 bits per heavy atom. The molecule has 6 nitrogen and oxygen atoms in total. The molecular weight excluding hydrogens is 331 g/mol. The molecule has 0 heterocycles. The minimum absolute atomic E-state index is 0. The molecule has 0 N–H and O–H groups in total. The number of aliphatic carboxylic acids is 3. The fraction of sp³-hybridized carbons (Fsp3) is 0. The molecule has 19 heavy (non-hydrogen) atoms. The van der Waals surface area contributed by atoms with E-state index in [4.69, 9.17) is 29.7 Å². The minimum atomic E-state index is -1.85. The number of halogens is 3. The van der Waals surface area contributed by atoms with E-state index in [-0.39, 0.29) is 19.8 Å². The molecule has 0 rings (SSSR count). The molecule has 0 aromatic carbocycles. The van der Waals surface area contributed by atoms with Gasteiger partial charge in [0.25, 0.3) is 0 Å². The summed E-state index contributed by atoms with van der Waals surface area (Å²) in [5.74, 6) is -9.86. The van der Waals surface area contributed by atoms with Crippen molar-refractivity contribution in [2.45, 2.75) is 0 Å².